The van der Waals surface area contributed by atoms with Crippen LogP contribution < -0.4 is 0 Å². The van der Waals surface area contributed by atoms with Crippen LogP contribution in [0.4, 0.5) is 0 Å². The van der Waals surface area contributed by atoms with Crippen molar-refractivity contribution in [3.63, 3.8) is 0 Å². The Morgan fingerprint density at radius 1 is 0.964 bits per heavy atom. The number of halogens is 1. The molecule has 1 unspecified atom stereocenters. The van der Waals surface area contributed by atoms with E-state index in [-0.39, 0.29) is 11.2 Å². The molecule has 2 heterocycles. The maximum Gasteiger partial charge on any atom is 0.480 e. The first-order chi connectivity index (χ1) is 13.1. The van der Waals surface area contributed by atoms with E-state index in [1.165, 1.54) is 27.4 Å². The number of fused-ring (bicyclic) bond motifs is 3. The summed E-state index contributed by atoms with van der Waals surface area (Å²) in [5, 5.41) is 2.56. The third-order valence-corrected chi connectivity index (χ3v) is 6.76. The van der Waals surface area contributed by atoms with Crippen LogP contribution in [0.5, 0.6) is 0 Å². The lowest BCUT2D eigenvalue weighted by Gasteiger charge is -2.32. The monoisotopic (exact) mass is 397 g/mol. The van der Waals surface area contributed by atoms with Crippen LogP contribution in [-0.2, 0) is 22.3 Å². The van der Waals surface area contributed by atoms with Crippen molar-refractivity contribution in [3.8, 4) is 0 Å². The zero-order valence-corrected chi connectivity index (χ0v) is 18.4. The molecule has 2 aromatic carbocycles. The molecule has 148 valence electrons. The molecule has 5 heteroatoms. The Morgan fingerprint density at radius 3 is 2.21 bits per heavy atom. The van der Waals surface area contributed by atoms with E-state index in [4.69, 9.17) is 20.9 Å². The number of para-hydroxylation sites is 1. The van der Waals surface area contributed by atoms with E-state index in [1.807, 2.05) is 6.92 Å². The summed E-state index contributed by atoms with van der Waals surface area (Å²) in [6.07, 6.45) is 0.674. The Kier molecular flexibility index (Phi) is 4.61. The van der Waals surface area contributed by atoms with Gasteiger partial charge in [0.2, 0.25) is 0 Å². The highest BCUT2D eigenvalue weighted by atomic mass is 35.5. The van der Waals surface area contributed by atoms with Crippen LogP contribution in [0.2, 0.25) is 0 Å². The van der Waals surface area contributed by atoms with Gasteiger partial charge in [-0.2, -0.15) is 0 Å². The molecule has 0 aliphatic carbocycles. The fourth-order valence-electron chi connectivity index (χ4n) is 4.12. The molecule has 3 aromatic rings. The Bertz CT molecular complexity index is 1020. The maximum absolute atomic E-state index is 6.98. The third kappa shape index (κ3) is 3.06. The minimum absolute atomic E-state index is 0.383. The molecular weight excluding hydrogens is 369 g/mol. The normalized spacial score (nSPS) is 20.8. The predicted molar refractivity (Wildman–Crippen MR) is 119 cm³/mol. The van der Waals surface area contributed by atoms with Crippen molar-refractivity contribution in [1.82, 2.24) is 4.57 Å². The van der Waals surface area contributed by atoms with Gasteiger partial charge in [-0.3, -0.25) is 0 Å². The number of nitrogens with zero attached hydrogens (tertiary/aromatic N) is 1. The van der Waals surface area contributed by atoms with Gasteiger partial charge in [0.15, 0.2) is 0 Å². The summed E-state index contributed by atoms with van der Waals surface area (Å²) < 4.78 is 14.2. The van der Waals surface area contributed by atoms with Gasteiger partial charge in [-0.15, -0.1) is 11.6 Å². The number of hydrogen-bond acceptors (Lipinski definition) is 2. The summed E-state index contributed by atoms with van der Waals surface area (Å²) in [6.45, 7) is 13.4. The highest BCUT2D eigenvalue weighted by Crippen LogP contribution is 2.42. The Labute approximate surface area is 173 Å². The molecule has 1 fully saturated rings. The molecule has 0 radical (unpaired) electrons. The highest BCUT2D eigenvalue weighted by Gasteiger charge is 2.57. The second-order valence-electron chi connectivity index (χ2n) is 9.16. The molecule has 0 amide bonds. The summed E-state index contributed by atoms with van der Waals surface area (Å²) in [6, 6.07) is 15.3. The van der Waals surface area contributed by atoms with Gasteiger partial charge in [0.05, 0.1) is 16.0 Å². The number of benzene rings is 2. The van der Waals surface area contributed by atoms with Crippen molar-refractivity contribution in [3.05, 3.63) is 48.0 Å². The van der Waals surface area contributed by atoms with E-state index < -0.39 is 11.9 Å². The van der Waals surface area contributed by atoms with Crippen molar-refractivity contribution in [1.29, 1.82) is 0 Å². The Balaban J connectivity index is 1.69. The molecule has 1 aliphatic rings. The highest BCUT2D eigenvalue weighted by molar-refractivity contribution is 6.63. The molecule has 0 spiro atoms. The van der Waals surface area contributed by atoms with Crippen molar-refractivity contribution < 1.29 is 9.31 Å². The molecule has 3 nitrogen and oxygen atoms in total. The molecular formula is C23H29BClNO2. The topological polar surface area (TPSA) is 23.4 Å². The quantitative estimate of drug-likeness (QED) is 0.399. The molecule has 1 aliphatic heterocycles. The van der Waals surface area contributed by atoms with E-state index in [0.29, 0.717) is 6.42 Å². The number of aromatic nitrogens is 1. The lowest BCUT2D eigenvalue weighted by Crippen LogP contribution is -2.43. The molecule has 1 atom stereocenters. The Morgan fingerprint density at radius 2 is 1.57 bits per heavy atom. The molecule has 28 heavy (non-hydrogen) atoms. The van der Waals surface area contributed by atoms with Gasteiger partial charge < -0.3 is 13.9 Å². The van der Waals surface area contributed by atoms with E-state index >= 15 is 0 Å². The zero-order chi connectivity index (χ0) is 20.3. The van der Waals surface area contributed by atoms with Crippen LogP contribution in [0.15, 0.2) is 42.5 Å². The summed E-state index contributed by atoms with van der Waals surface area (Å²) in [4.78, 5) is 0. The number of rotatable bonds is 4. The van der Waals surface area contributed by atoms with E-state index in [1.54, 1.807) is 0 Å². The molecule has 1 aromatic heterocycles. The van der Waals surface area contributed by atoms with Crippen LogP contribution in [0.1, 0.15) is 47.1 Å². The van der Waals surface area contributed by atoms with Gasteiger partial charge in [0.25, 0.3) is 0 Å². The van der Waals surface area contributed by atoms with E-state index in [0.717, 1.165) is 6.54 Å². The molecule has 0 saturated carbocycles. The minimum atomic E-state index is -0.651. The summed E-state index contributed by atoms with van der Waals surface area (Å²) in [5.74, 6) is 0. The second kappa shape index (κ2) is 6.51. The summed E-state index contributed by atoms with van der Waals surface area (Å²) in [7, 11) is -0.452. The maximum atomic E-state index is 6.98. The first-order valence-corrected chi connectivity index (χ1v) is 10.5. The second-order valence-corrected chi connectivity index (χ2v) is 10.0. The lowest BCUT2D eigenvalue weighted by atomic mass is 9.69. The lowest BCUT2D eigenvalue weighted by molar-refractivity contribution is 0.00578. The van der Waals surface area contributed by atoms with Gasteiger partial charge in [0.1, 0.15) is 0 Å². The van der Waals surface area contributed by atoms with E-state index in [2.05, 4.69) is 81.7 Å². The van der Waals surface area contributed by atoms with Crippen molar-refractivity contribution in [2.24, 2.45) is 0 Å². The van der Waals surface area contributed by atoms with Gasteiger partial charge in [0, 0.05) is 28.4 Å². The van der Waals surface area contributed by atoms with Crippen molar-refractivity contribution in [2.45, 2.75) is 70.5 Å². The smallest absolute Gasteiger partial charge is 0.402 e. The zero-order valence-electron chi connectivity index (χ0n) is 17.7. The van der Waals surface area contributed by atoms with E-state index in [9.17, 15) is 0 Å². The largest absolute Gasteiger partial charge is 0.480 e. The minimum Gasteiger partial charge on any atom is -0.402 e. The summed E-state index contributed by atoms with van der Waals surface area (Å²) >= 11 is 6.98. The number of alkyl halides is 1. The van der Waals surface area contributed by atoms with Crippen LogP contribution in [-0.4, -0.2) is 27.7 Å². The van der Waals surface area contributed by atoms with Crippen LogP contribution in [0, 0.1) is 0 Å². The van der Waals surface area contributed by atoms with Crippen LogP contribution in [0.3, 0.4) is 0 Å². The number of hydrogen-bond donors (Lipinski definition) is 0. The fraction of sp³-hybridized carbons (Fsp3) is 0.478. The predicted octanol–water partition coefficient (Wildman–Crippen LogP) is 5.99. The average molecular weight is 398 g/mol. The number of aryl methyl sites for hydroxylation is 1. The van der Waals surface area contributed by atoms with Gasteiger partial charge >= 0.3 is 7.12 Å². The van der Waals surface area contributed by atoms with Gasteiger partial charge in [-0.25, -0.2) is 0 Å². The molecule has 0 bridgehead atoms. The third-order valence-electron chi connectivity index (χ3n) is 6.45. The molecule has 4 rings (SSSR count). The van der Waals surface area contributed by atoms with Crippen molar-refractivity contribution in [2.75, 3.05) is 0 Å². The van der Waals surface area contributed by atoms with Crippen molar-refractivity contribution >= 4 is 40.5 Å². The van der Waals surface area contributed by atoms with Gasteiger partial charge in [-0.05, 0) is 71.7 Å². The first-order valence-electron chi connectivity index (χ1n) is 10.1. The van der Waals surface area contributed by atoms with Crippen LogP contribution in [0.25, 0.3) is 21.8 Å². The van der Waals surface area contributed by atoms with Gasteiger partial charge in [-0.1, -0.05) is 24.3 Å². The SMILES string of the molecule is CCn1c2ccccc2c2cc(CC(C)(Cl)B3OC(C)(C)C(C)(C)O3)ccc21. The molecule has 0 N–H and O–H groups in total. The Hall–Kier alpha value is -1.49. The molecule has 1 saturated heterocycles. The first kappa shape index (κ1) is 19.8. The summed E-state index contributed by atoms with van der Waals surface area (Å²) in [5.41, 5.74) is 2.97. The van der Waals surface area contributed by atoms with Crippen LogP contribution >= 0.6 is 11.6 Å². The standard InChI is InChI=1S/C23H29BClNO2/c1-7-26-19-11-9-8-10-17(19)18-14-16(12-13-20(18)26)15-23(6,25)24-27-21(2,3)22(4,5)28-24/h8-14H,7,15H2,1-6H3. The average Bonchev–Trinajstić information content (AvgIpc) is 3.05. The fourth-order valence-corrected chi connectivity index (χ4v) is 4.37.